The molecule has 0 aliphatic heterocycles. The molecular weight excluding hydrogens is 660 g/mol. The van der Waals surface area contributed by atoms with Gasteiger partial charge in [0.25, 0.3) is 10.0 Å². The first kappa shape index (κ1) is 36.5. The molecule has 3 aromatic rings. The Bertz CT molecular complexity index is 1750. The van der Waals surface area contributed by atoms with Gasteiger partial charge in [0, 0.05) is 29.6 Å². The summed E-state index contributed by atoms with van der Waals surface area (Å²) < 4.78 is 70.1. The van der Waals surface area contributed by atoms with Crippen molar-refractivity contribution in [3.63, 3.8) is 0 Å². The van der Waals surface area contributed by atoms with Crippen LogP contribution >= 0.6 is 11.3 Å². The topological polar surface area (TPSA) is 94.9 Å². The highest BCUT2D eigenvalue weighted by Crippen LogP contribution is 2.59. The molecule has 1 heterocycles. The van der Waals surface area contributed by atoms with Gasteiger partial charge in [-0.25, -0.2) is 8.42 Å². The van der Waals surface area contributed by atoms with E-state index in [-0.39, 0.29) is 41.3 Å². The summed E-state index contributed by atoms with van der Waals surface area (Å²) in [6.07, 6.45) is 0.551. The summed E-state index contributed by atoms with van der Waals surface area (Å²) in [6.45, 7) is 5.95. The van der Waals surface area contributed by atoms with Gasteiger partial charge in [0.1, 0.15) is 4.21 Å². The monoisotopic (exact) mass is 703 g/mol. The van der Waals surface area contributed by atoms with Gasteiger partial charge in [-0.05, 0) is 105 Å². The number of carbonyl (C=O) groups is 1. The molecule has 2 bridgehead atoms. The Balaban J connectivity index is 1.63. The van der Waals surface area contributed by atoms with Gasteiger partial charge in [0.05, 0.1) is 17.3 Å². The van der Waals surface area contributed by atoms with Crippen LogP contribution in [-0.2, 0) is 22.6 Å². The van der Waals surface area contributed by atoms with Crippen molar-refractivity contribution in [2.75, 3.05) is 13.1 Å². The Labute approximate surface area is 285 Å². The predicted molar refractivity (Wildman–Crippen MR) is 182 cm³/mol. The maximum Gasteiger partial charge on any atom is 0.416 e. The second-order valence-corrected chi connectivity index (χ2v) is 16.7. The van der Waals surface area contributed by atoms with Crippen molar-refractivity contribution >= 4 is 27.1 Å². The molecular formula is C37H44F3NO5S2. The van der Waals surface area contributed by atoms with Gasteiger partial charge in [0.15, 0.2) is 5.78 Å². The maximum atomic E-state index is 14.2. The summed E-state index contributed by atoms with van der Waals surface area (Å²) >= 11 is 1.13. The summed E-state index contributed by atoms with van der Waals surface area (Å²) in [5.41, 5.74) is -0.768. The second kappa shape index (κ2) is 14.2. The molecule has 260 valence electrons. The van der Waals surface area contributed by atoms with Crippen molar-refractivity contribution in [2.45, 2.75) is 100 Å². The average molecular weight is 704 g/mol. The van der Waals surface area contributed by atoms with E-state index < -0.39 is 50.6 Å². The lowest BCUT2D eigenvalue weighted by atomic mass is 9.64. The Morgan fingerprint density at radius 2 is 1.85 bits per heavy atom. The minimum Gasteiger partial charge on any atom is -0.393 e. The number of benzene rings is 2. The minimum atomic E-state index is -4.63. The number of aliphatic hydroxyl groups is 2. The summed E-state index contributed by atoms with van der Waals surface area (Å²) in [4.78, 5) is 14.2. The fourth-order valence-corrected chi connectivity index (χ4v) is 10.3. The van der Waals surface area contributed by atoms with E-state index in [0.717, 1.165) is 29.0 Å². The van der Waals surface area contributed by atoms with Crippen LogP contribution in [-0.4, -0.2) is 53.5 Å². The lowest BCUT2D eigenvalue weighted by Gasteiger charge is -2.46. The first-order chi connectivity index (χ1) is 22.6. The third-order valence-corrected chi connectivity index (χ3v) is 13.6. The number of fused-ring (bicyclic) bond motifs is 8. The van der Waals surface area contributed by atoms with E-state index >= 15 is 0 Å². The number of nitrogens with zero attached hydrogens (tertiary/aromatic N) is 1. The number of ketones is 1. The number of aliphatic hydroxyl groups excluding tert-OH is 1. The first-order valence-corrected chi connectivity index (χ1v) is 18.9. The zero-order chi connectivity index (χ0) is 34.9. The number of alkyl halides is 3. The van der Waals surface area contributed by atoms with Gasteiger partial charge in [-0.3, -0.25) is 4.79 Å². The van der Waals surface area contributed by atoms with E-state index in [9.17, 15) is 36.6 Å². The molecule has 4 atom stereocenters. The molecule has 6 nitrogen and oxygen atoms in total. The van der Waals surface area contributed by atoms with E-state index in [4.69, 9.17) is 0 Å². The molecule has 11 heteroatoms. The number of thiophene rings is 1. The van der Waals surface area contributed by atoms with Gasteiger partial charge in [0.2, 0.25) is 0 Å². The molecule has 2 aromatic carbocycles. The minimum absolute atomic E-state index is 0.102. The van der Waals surface area contributed by atoms with E-state index in [2.05, 4.69) is 6.08 Å². The molecule has 3 aliphatic rings. The van der Waals surface area contributed by atoms with Gasteiger partial charge in [-0.15, -0.1) is 11.3 Å². The fraction of sp³-hybridized carbons (Fsp3) is 0.486. The first-order valence-electron chi connectivity index (χ1n) is 16.5. The lowest BCUT2D eigenvalue weighted by molar-refractivity contribution is -0.137. The smallest absolute Gasteiger partial charge is 0.393 e. The molecule has 1 saturated carbocycles. The third-order valence-electron chi connectivity index (χ3n) is 10.4. The molecule has 1 aromatic heterocycles. The van der Waals surface area contributed by atoms with Crippen LogP contribution in [0, 0.1) is 5.41 Å². The van der Waals surface area contributed by atoms with Crippen molar-refractivity contribution in [1.82, 2.24) is 4.31 Å². The Kier molecular flexibility index (Phi) is 10.8. The normalized spacial score (nSPS) is 25.5. The van der Waals surface area contributed by atoms with Crippen LogP contribution < -0.4 is 0 Å². The van der Waals surface area contributed by atoms with E-state index in [1.165, 1.54) is 16.4 Å². The standard InChI is InChI=1S/C37H44F3NO5S2/c1-4-19-41(48(45,46)33-11-7-20-47-33)24-36(44)18-16-32-30-15-13-26(21-29(42)14-12-25(2)8-6-17-35(32,36)3)22-31(30)34(43)27-9-5-10-28(23-27)37(38,39)40/h5,7-11,13,15,20,22-23,29,32,42,44H,4,6,12,14,16-19,21,24H2,1-3H3/t29-,32-,35-,36+/m0/s1. The maximum absolute atomic E-state index is 14.2. The number of hydrogen-bond donors (Lipinski definition) is 2. The van der Waals surface area contributed by atoms with Gasteiger partial charge < -0.3 is 10.2 Å². The lowest BCUT2D eigenvalue weighted by Crippen LogP contribution is -2.53. The summed E-state index contributed by atoms with van der Waals surface area (Å²) in [6, 6.07) is 13.0. The number of halogens is 3. The number of rotatable bonds is 8. The van der Waals surface area contributed by atoms with Crippen LogP contribution in [0.5, 0.6) is 0 Å². The van der Waals surface area contributed by atoms with Crippen LogP contribution in [0.4, 0.5) is 13.2 Å². The number of allylic oxidation sites excluding steroid dienone is 2. The van der Waals surface area contributed by atoms with Gasteiger partial charge >= 0.3 is 6.18 Å². The molecule has 2 N–H and O–H groups in total. The van der Waals surface area contributed by atoms with Crippen LogP contribution in [0.3, 0.4) is 0 Å². The number of hydrogen-bond acceptors (Lipinski definition) is 6. The highest BCUT2D eigenvalue weighted by atomic mass is 32.2. The van der Waals surface area contributed by atoms with E-state index in [0.29, 0.717) is 49.7 Å². The van der Waals surface area contributed by atoms with Crippen molar-refractivity contribution in [3.05, 3.63) is 99.4 Å². The van der Waals surface area contributed by atoms with Crippen LogP contribution in [0.2, 0.25) is 0 Å². The van der Waals surface area contributed by atoms with Crippen LogP contribution in [0.25, 0.3) is 0 Å². The Morgan fingerprint density at radius 1 is 1.08 bits per heavy atom. The number of carbonyl (C=O) groups excluding carboxylic acids is 1. The van der Waals surface area contributed by atoms with Gasteiger partial charge in [-0.2, -0.15) is 17.5 Å². The van der Waals surface area contributed by atoms with E-state index in [1.54, 1.807) is 23.6 Å². The second-order valence-electron chi connectivity index (χ2n) is 13.6. The summed E-state index contributed by atoms with van der Waals surface area (Å²) in [5, 5.41) is 25.2. The van der Waals surface area contributed by atoms with Crippen molar-refractivity contribution in [2.24, 2.45) is 5.41 Å². The SMILES string of the molecule is CCCN(C[C@]1(O)CC[C@H]2c3ccc(cc3C(=O)c3cccc(C(F)(F)F)c3)C[C@@H](O)CCC(C)=CCC[C@@]21C)S(=O)(=O)c1cccs1. The quantitative estimate of drug-likeness (QED) is 0.183. The molecule has 6 rings (SSSR count). The van der Waals surface area contributed by atoms with Crippen molar-refractivity contribution in [1.29, 1.82) is 0 Å². The molecule has 1 fully saturated rings. The average Bonchev–Trinajstić information content (AvgIpc) is 3.67. The molecule has 0 unspecified atom stereocenters. The van der Waals surface area contributed by atoms with Crippen molar-refractivity contribution < 1.29 is 36.6 Å². The summed E-state index contributed by atoms with van der Waals surface area (Å²) in [5.74, 6) is -0.975. The predicted octanol–water partition coefficient (Wildman–Crippen LogP) is 8.14. The molecule has 48 heavy (non-hydrogen) atoms. The van der Waals surface area contributed by atoms with Crippen molar-refractivity contribution in [3.8, 4) is 0 Å². The Morgan fingerprint density at radius 3 is 2.54 bits per heavy atom. The Hall–Kier alpha value is -2.83. The highest BCUT2D eigenvalue weighted by Gasteiger charge is 2.58. The summed E-state index contributed by atoms with van der Waals surface area (Å²) in [7, 11) is -3.89. The number of sulfonamides is 1. The molecule has 0 radical (unpaired) electrons. The van der Waals surface area contributed by atoms with Gasteiger partial charge in [-0.1, -0.05) is 55.8 Å². The van der Waals surface area contributed by atoms with E-state index in [1.807, 2.05) is 32.9 Å². The largest absolute Gasteiger partial charge is 0.416 e. The zero-order valence-corrected chi connectivity index (χ0v) is 29.2. The highest BCUT2D eigenvalue weighted by molar-refractivity contribution is 7.91. The zero-order valence-electron chi connectivity index (χ0n) is 27.6. The van der Waals surface area contributed by atoms with Crippen LogP contribution in [0.1, 0.15) is 104 Å². The molecule has 3 aliphatic carbocycles. The fourth-order valence-electron chi connectivity index (χ4n) is 7.55. The van der Waals surface area contributed by atoms with Crippen LogP contribution in [0.15, 0.2) is 75.8 Å². The third kappa shape index (κ3) is 7.35. The molecule has 0 spiro atoms. The molecule has 0 amide bonds. The molecule has 0 saturated heterocycles.